The van der Waals surface area contributed by atoms with Crippen molar-refractivity contribution in [2.75, 3.05) is 6.61 Å². The van der Waals surface area contributed by atoms with Crippen molar-refractivity contribution in [2.45, 2.75) is 32.3 Å². The minimum absolute atomic E-state index is 0.0382. The van der Waals surface area contributed by atoms with Crippen LogP contribution in [0.4, 0.5) is 0 Å². The summed E-state index contributed by atoms with van der Waals surface area (Å²) in [7, 11) is 0. The van der Waals surface area contributed by atoms with E-state index < -0.39 is 5.97 Å². The Balaban J connectivity index is 2.22. The van der Waals surface area contributed by atoms with Crippen LogP contribution >= 0.6 is 0 Å². The summed E-state index contributed by atoms with van der Waals surface area (Å²) >= 11 is 0. The number of hydrogen-bond donors (Lipinski definition) is 1. The Labute approximate surface area is 66.4 Å². The number of carboxylic acid groups (broad SMARTS) is 1. The Hall–Kier alpha value is -0.570. The van der Waals surface area contributed by atoms with Crippen LogP contribution in [0.2, 0.25) is 0 Å². The molecule has 1 aliphatic rings. The minimum atomic E-state index is -0.760. The first-order valence-corrected chi connectivity index (χ1v) is 4.02. The molecule has 0 aromatic heterocycles. The zero-order valence-electron chi connectivity index (χ0n) is 6.75. The summed E-state index contributed by atoms with van der Waals surface area (Å²) in [6.07, 6.45) is 2.11. The molecule has 3 heteroatoms. The third-order valence-electron chi connectivity index (χ3n) is 2.00. The summed E-state index contributed by atoms with van der Waals surface area (Å²) in [5.74, 6) is -0.162. The Bertz CT molecular complexity index is 136. The molecule has 3 nitrogen and oxygen atoms in total. The molecule has 2 unspecified atom stereocenters. The Kier molecular flexibility index (Phi) is 2.88. The lowest BCUT2D eigenvalue weighted by Crippen LogP contribution is -2.26. The summed E-state index contributed by atoms with van der Waals surface area (Å²) in [6.45, 7) is 2.84. The molecule has 0 amide bonds. The summed E-state index contributed by atoms with van der Waals surface area (Å²) in [5.41, 5.74) is 0. The maximum absolute atomic E-state index is 10.3. The van der Waals surface area contributed by atoms with E-state index in [1.165, 1.54) is 0 Å². The summed E-state index contributed by atoms with van der Waals surface area (Å²) in [6, 6.07) is 0. The van der Waals surface area contributed by atoms with Crippen molar-refractivity contribution in [3.05, 3.63) is 0 Å². The van der Waals surface area contributed by atoms with E-state index in [1.54, 1.807) is 0 Å². The summed E-state index contributed by atoms with van der Waals surface area (Å²) in [4.78, 5) is 10.3. The molecule has 0 spiro atoms. The van der Waals surface area contributed by atoms with Gasteiger partial charge in [-0.3, -0.25) is 4.79 Å². The maximum Gasteiger partial charge on any atom is 0.305 e. The third kappa shape index (κ3) is 2.89. The molecule has 2 atom stereocenters. The predicted molar refractivity (Wildman–Crippen MR) is 40.4 cm³/mol. The molecule has 0 radical (unpaired) electrons. The first-order chi connectivity index (χ1) is 5.18. The zero-order valence-corrected chi connectivity index (χ0v) is 6.75. The van der Waals surface area contributed by atoms with E-state index >= 15 is 0 Å². The molecule has 0 aliphatic carbocycles. The lowest BCUT2D eigenvalue weighted by atomic mass is 9.99. The van der Waals surface area contributed by atoms with Crippen molar-refractivity contribution in [3.63, 3.8) is 0 Å². The summed E-state index contributed by atoms with van der Waals surface area (Å²) in [5, 5.41) is 8.45. The van der Waals surface area contributed by atoms with Gasteiger partial charge in [0.15, 0.2) is 0 Å². The molecule has 0 aromatic rings. The number of carbonyl (C=O) groups is 1. The second-order valence-corrected chi connectivity index (χ2v) is 3.24. The van der Waals surface area contributed by atoms with Crippen LogP contribution < -0.4 is 0 Å². The van der Waals surface area contributed by atoms with Crippen molar-refractivity contribution in [1.82, 2.24) is 0 Å². The van der Waals surface area contributed by atoms with Crippen LogP contribution in [-0.4, -0.2) is 23.8 Å². The standard InChI is InChI=1S/C8H14O3/c1-6-2-3-7(11-5-6)4-8(9)10/h6-7H,2-5H2,1H3,(H,9,10). The van der Waals surface area contributed by atoms with E-state index in [4.69, 9.17) is 9.84 Å². The molecule has 11 heavy (non-hydrogen) atoms. The van der Waals surface area contributed by atoms with Gasteiger partial charge in [-0.15, -0.1) is 0 Å². The Morgan fingerprint density at radius 3 is 2.82 bits per heavy atom. The number of rotatable bonds is 2. The molecule has 1 rings (SSSR count). The van der Waals surface area contributed by atoms with Crippen molar-refractivity contribution >= 4 is 5.97 Å². The predicted octanol–water partition coefficient (Wildman–Crippen LogP) is 1.28. The first-order valence-electron chi connectivity index (χ1n) is 4.02. The Morgan fingerprint density at radius 1 is 1.64 bits per heavy atom. The molecular formula is C8H14O3. The van der Waals surface area contributed by atoms with Crippen LogP contribution in [-0.2, 0) is 9.53 Å². The molecule has 1 heterocycles. The van der Waals surface area contributed by atoms with Gasteiger partial charge in [0.1, 0.15) is 0 Å². The largest absolute Gasteiger partial charge is 0.481 e. The molecule has 64 valence electrons. The van der Waals surface area contributed by atoms with Gasteiger partial charge in [0.05, 0.1) is 12.5 Å². The van der Waals surface area contributed by atoms with Crippen LogP contribution in [0.15, 0.2) is 0 Å². The molecule has 0 saturated carbocycles. The topological polar surface area (TPSA) is 46.5 Å². The van der Waals surface area contributed by atoms with Crippen molar-refractivity contribution in [3.8, 4) is 0 Å². The SMILES string of the molecule is CC1CCC(CC(=O)O)OC1. The first kappa shape index (κ1) is 8.53. The van der Waals surface area contributed by atoms with Gasteiger partial charge >= 0.3 is 5.97 Å². The fraction of sp³-hybridized carbons (Fsp3) is 0.875. The smallest absolute Gasteiger partial charge is 0.305 e. The summed E-state index contributed by atoms with van der Waals surface area (Å²) < 4.78 is 5.32. The normalized spacial score (nSPS) is 31.7. The quantitative estimate of drug-likeness (QED) is 0.658. The van der Waals surface area contributed by atoms with E-state index in [1.807, 2.05) is 0 Å². The molecule has 1 aliphatic heterocycles. The van der Waals surface area contributed by atoms with Crippen LogP contribution in [0.1, 0.15) is 26.2 Å². The zero-order chi connectivity index (χ0) is 8.27. The van der Waals surface area contributed by atoms with Gasteiger partial charge in [-0.1, -0.05) is 6.92 Å². The second-order valence-electron chi connectivity index (χ2n) is 3.24. The molecule has 0 bridgehead atoms. The number of hydrogen-bond acceptors (Lipinski definition) is 2. The minimum Gasteiger partial charge on any atom is -0.481 e. The van der Waals surface area contributed by atoms with E-state index in [-0.39, 0.29) is 12.5 Å². The van der Waals surface area contributed by atoms with Crippen LogP contribution in [0.3, 0.4) is 0 Å². The highest BCUT2D eigenvalue weighted by Gasteiger charge is 2.20. The highest BCUT2D eigenvalue weighted by molar-refractivity contribution is 5.67. The second kappa shape index (κ2) is 3.72. The van der Waals surface area contributed by atoms with Crippen LogP contribution in [0, 0.1) is 5.92 Å². The molecule has 0 aromatic carbocycles. The molecule has 1 N–H and O–H groups in total. The maximum atomic E-state index is 10.3. The highest BCUT2D eigenvalue weighted by Crippen LogP contribution is 2.19. The molecule has 1 fully saturated rings. The van der Waals surface area contributed by atoms with E-state index in [2.05, 4.69) is 6.92 Å². The number of aliphatic carboxylic acids is 1. The van der Waals surface area contributed by atoms with E-state index in [0.29, 0.717) is 5.92 Å². The fourth-order valence-electron chi connectivity index (χ4n) is 1.29. The van der Waals surface area contributed by atoms with Crippen molar-refractivity contribution in [1.29, 1.82) is 0 Å². The monoisotopic (exact) mass is 158 g/mol. The fourth-order valence-corrected chi connectivity index (χ4v) is 1.29. The average molecular weight is 158 g/mol. The lowest BCUT2D eigenvalue weighted by Gasteiger charge is -2.25. The lowest BCUT2D eigenvalue weighted by molar-refractivity contribution is -0.141. The third-order valence-corrected chi connectivity index (χ3v) is 2.00. The highest BCUT2D eigenvalue weighted by atomic mass is 16.5. The van der Waals surface area contributed by atoms with Gasteiger partial charge < -0.3 is 9.84 Å². The van der Waals surface area contributed by atoms with Gasteiger partial charge in [-0.25, -0.2) is 0 Å². The van der Waals surface area contributed by atoms with Crippen LogP contribution in [0.5, 0.6) is 0 Å². The molecule has 1 saturated heterocycles. The van der Waals surface area contributed by atoms with E-state index in [9.17, 15) is 4.79 Å². The van der Waals surface area contributed by atoms with Crippen molar-refractivity contribution in [2.24, 2.45) is 5.92 Å². The van der Waals surface area contributed by atoms with Gasteiger partial charge in [-0.2, -0.15) is 0 Å². The molecular weight excluding hydrogens is 144 g/mol. The number of ether oxygens (including phenoxy) is 1. The van der Waals surface area contributed by atoms with E-state index in [0.717, 1.165) is 19.4 Å². The Morgan fingerprint density at radius 2 is 2.36 bits per heavy atom. The average Bonchev–Trinajstić information content (AvgIpc) is 1.93. The van der Waals surface area contributed by atoms with Gasteiger partial charge in [0.25, 0.3) is 0 Å². The van der Waals surface area contributed by atoms with Gasteiger partial charge in [-0.05, 0) is 18.8 Å². The number of carboxylic acids is 1. The van der Waals surface area contributed by atoms with Gasteiger partial charge in [0, 0.05) is 6.61 Å². The van der Waals surface area contributed by atoms with Crippen molar-refractivity contribution < 1.29 is 14.6 Å². The van der Waals surface area contributed by atoms with Crippen LogP contribution in [0.25, 0.3) is 0 Å². The van der Waals surface area contributed by atoms with Gasteiger partial charge in [0.2, 0.25) is 0 Å².